The van der Waals surface area contributed by atoms with E-state index < -0.39 is 27.1 Å². The SMILES string of the molecule is CC(C)NC(=O)[C@@H]1N=C(C23CC(N(Cc4ccc(Cl)c(Cl)c4)S(=O)(=O)c4ccccc4)(C2)C3)NC1(C)C. The van der Waals surface area contributed by atoms with Crippen molar-refractivity contribution in [2.45, 2.75) is 81.6 Å². The van der Waals surface area contributed by atoms with Gasteiger partial charge in [0.05, 0.1) is 20.5 Å². The number of sulfonamides is 1. The van der Waals surface area contributed by atoms with Crippen LogP contribution in [-0.2, 0) is 21.4 Å². The lowest BCUT2D eigenvalue weighted by Gasteiger charge is -2.73. The van der Waals surface area contributed by atoms with Crippen LogP contribution in [0.15, 0.2) is 58.4 Å². The number of carbonyl (C=O) groups is 1. The predicted octanol–water partition coefficient (Wildman–Crippen LogP) is 4.78. The van der Waals surface area contributed by atoms with E-state index in [0.29, 0.717) is 29.3 Å². The molecule has 1 atom stereocenters. The normalized spacial score (nSPS) is 27.8. The van der Waals surface area contributed by atoms with Gasteiger partial charge < -0.3 is 10.6 Å². The third-order valence-corrected chi connectivity index (χ3v) is 10.4. The van der Waals surface area contributed by atoms with Gasteiger partial charge in [0.25, 0.3) is 0 Å². The highest BCUT2D eigenvalue weighted by Gasteiger charge is 2.75. The first-order valence-electron chi connectivity index (χ1n) is 12.5. The molecular weight excluding hydrogens is 531 g/mol. The van der Waals surface area contributed by atoms with Crippen LogP contribution in [0, 0.1) is 5.41 Å². The summed E-state index contributed by atoms with van der Waals surface area (Å²) in [6.45, 7) is 8.00. The van der Waals surface area contributed by atoms with Gasteiger partial charge in [0.1, 0.15) is 5.84 Å². The van der Waals surface area contributed by atoms with Gasteiger partial charge >= 0.3 is 0 Å². The van der Waals surface area contributed by atoms with E-state index in [2.05, 4.69) is 10.6 Å². The lowest BCUT2D eigenvalue weighted by Crippen LogP contribution is -2.78. The minimum absolute atomic E-state index is 0.0268. The second-order valence-corrected chi connectivity index (χ2v) is 14.2. The van der Waals surface area contributed by atoms with Crippen LogP contribution in [0.25, 0.3) is 0 Å². The molecule has 37 heavy (non-hydrogen) atoms. The number of carbonyl (C=O) groups excluding carboxylic acids is 1. The molecule has 1 heterocycles. The maximum atomic E-state index is 13.9. The monoisotopic (exact) mass is 562 g/mol. The first kappa shape index (κ1) is 26.5. The fourth-order valence-electron chi connectivity index (χ4n) is 6.00. The van der Waals surface area contributed by atoms with Crippen molar-refractivity contribution in [2.75, 3.05) is 0 Å². The van der Waals surface area contributed by atoms with Gasteiger partial charge in [0.2, 0.25) is 15.9 Å². The van der Waals surface area contributed by atoms with Gasteiger partial charge in [-0.2, -0.15) is 4.31 Å². The molecular formula is C27H32Cl2N4O3S. The van der Waals surface area contributed by atoms with Crippen LogP contribution in [0.3, 0.4) is 0 Å². The zero-order valence-electron chi connectivity index (χ0n) is 21.4. The summed E-state index contributed by atoms with van der Waals surface area (Å²) >= 11 is 12.4. The molecule has 6 rings (SSSR count). The maximum Gasteiger partial charge on any atom is 0.247 e. The minimum atomic E-state index is -3.78. The Morgan fingerprint density at radius 2 is 1.76 bits per heavy atom. The van der Waals surface area contributed by atoms with Crippen molar-refractivity contribution in [3.05, 3.63) is 64.1 Å². The first-order chi connectivity index (χ1) is 17.3. The Hall–Kier alpha value is -2.13. The summed E-state index contributed by atoms with van der Waals surface area (Å²) in [4.78, 5) is 17.9. The zero-order chi connectivity index (χ0) is 26.8. The van der Waals surface area contributed by atoms with Gasteiger partial charge in [-0.3, -0.25) is 9.79 Å². The molecule has 7 nitrogen and oxygen atoms in total. The van der Waals surface area contributed by atoms with Crippen LogP contribution in [-0.4, -0.2) is 47.6 Å². The number of amidine groups is 1. The Kier molecular flexibility index (Phi) is 6.42. The first-order valence-corrected chi connectivity index (χ1v) is 14.7. The molecule has 0 saturated heterocycles. The predicted molar refractivity (Wildman–Crippen MR) is 146 cm³/mol. The quantitative estimate of drug-likeness (QED) is 0.484. The molecule has 4 aliphatic rings. The molecule has 0 radical (unpaired) electrons. The molecule has 198 valence electrons. The Balaban J connectivity index is 1.42. The molecule has 1 amide bonds. The molecule has 3 aliphatic carbocycles. The van der Waals surface area contributed by atoms with Crippen LogP contribution >= 0.6 is 23.2 Å². The minimum Gasteiger partial charge on any atom is -0.366 e. The van der Waals surface area contributed by atoms with Crippen LogP contribution in [0.1, 0.15) is 52.5 Å². The number of amides is 1. The molecule has 2 bridgehead atoms. The van der Waals surface area contributed by atoms with Crippen molar-refractivity contribution in [3.63, 3.8) is 0 Å². The number of halogens is 2. The van der Waals surface area contributed by atoms with Crippen LogP contribution < -0.4 is 10.6 Å². The summed E-state index contributed by atoms with van der Waals surface area (Å²) < 4.78 is 29.4. The lowest BCUT2D eigenvalue weighted by atomic mass is 9.38. The number of rotatable bonds is 8. The molecule has 2 N–H and O–H groups in total. The van der Waals surface area contributed by atoms with Crippen molar-refractivity contribution < 1.29 is 13.2 Å². The van der Waals surface area contributed by atoms with Gasteiger partial charge in [0.15, 0.2) is 6.04 Å². The van der Waals surface area contributed by atoms with E-state index in [0.717, 1.165) is 11.4 Å². The second kappa shape index (κ2) is 8.97. The largest absolute Gasteiger partial charge is 0.366 e. The van der Waals surface area contributed by atoms with E-state index in [-0.39, 0.29) is 28.8 Å². The Labute approximate surface area is 228 Å². The summed E-state index contributed by atoms with van der Waals surface area (Å²) in [6, 6.07) is 13.2. The van der Waals surface area contributed by atoms with Crippen LogP contribution in [0.2, 0.25) is 10.0 Å². The third-order valence-electron chi connectivity index (χ3n) is 7.74. The molecule has 2 aromatic carbocycles. The van der Waals surface area contributed by atoms with Crippen molar-refractivity contribution >= 4 is 45.0 Å². The number of nitrogens with zero attached hydrogens (tertiary/aromatic N) is 2. The van der Waals surface area contributed by atoms with E-state index in [1.54, 1.807) is 46.8 Å². The van der Waals surface area contributed by atoms with Gasteiger partial charge in [-0.25, -0.2) is 8.42 Å². The average molecular weight is 564 g/mol. The molecule has 3 saturated carbocycles. The summed E-state index contributed by atoms with van der Waals surface area (Å²) in [5.74, 6) is 0.714. The Bertz CT molecular complexity index is 1360. The van der Waals surface area contributed by atoms with E-state index in [1.807, 2.05) is 33.8 Å². The molecule has 0 spiro atoms. The van der Waals surface area contributed by atoms with Gasteiger partial charge in [-0.15, -0.1) is 0 Å². The number of hydrogen-bond acceptors (Lipinski definition) is 5. The van der Waals surface area contributed by atoms with Crippen molar-refractivity contribution in [1.82, 2.24) is 14.9 Å². The summed E-state index contributed by atoms with van der Waals surface area (Å²) in [7, 11) is -3.78. The molecule has 0 unspecified atom stereocenters. The highest BCUT2D eigenvalue weighted by molar-refractivity contribution is 7.89. The van der Waals surface area contributed by atoms with Crippen molar-refractivity contribution in [1.29, 1.82) is 0 Å². The van der Waals surface area contributed by atoms with Gasteiger partial charge in [-0.05, 0) is 76.8 Å². The number of nitrogens with one attached hydrogen (secondary N) is 2. The van der Waals surface area contributed by atoms with Gasteiger partial charge in [0, 0.05) is 23.5 Å². The van der Waals surface area contributed by atoms with Crippen LogP contribution in [0.5, 0.6) is 0 Å². The third kappa shape index (κ3) is 4.46. The van der Waals surface area contributed by atoms with E-state index in [4.69, 9.17) is 28.2 Å². The highest BCUT2D eigenvalue weighted by Crippen LogP contribution is 2.71. The molecule has 2 aromatic rings. The van der Waals surface area contributed by atoms with E-state index in [1.165, 1.54) is 0 Å². The summed E-state index contributed by atoms with van der Waals surface area (Å²) in [5, 5.41) is 7.28. The van der Waals surface area contributed by atoms with Crippen LogP contribution in [0.4, 0.5) is 0 Å². The van der Waals surface area contributed by atoms with Crippen molar-refractivity contribution in [2.24, 2.45) is 10.4 Å². The fraction of sp³-hybridized carbons (Fsp3) is 0.481. The zero-order valence-corrected chi connectivity index (χ0v) is 23.7. The molecule has 3 fully saturated rings. The van der Waals surface area contributed by atoms with Gasteiger partial charge in [-0.1, -0.05) is 47.5 Å². The Morgan fingerprint density at radius 1 is 1.11 bits per heavy atom. The number of aliphatic imine (C=N–C) groups is 1. The average Bonchev–Trinajstić information content (AvgIpc) is 3.09. The topological polar surface area (TPSA) is 90.9 Å². The highest BCUT2D eigenvalue weighted by atomic mass is 35.5. The summed E-state index contributed by atoms with van der Waals surface area (Å²) in [5.41, 5.74) is -0.512. The lowest BCUT2D eigenvalue weighted by molar-refractivity contribution is -0.151. The second-order valence-electron chi connectivity index (χ2n) is 11.5. The molecule has 0 aromatic heterocycles. The number of benzene rings is 2. The molecule has 1 aliphatic heterocycles. The number of hydrogen-bond donors (Lipinski definition) is 2. The fourth-order valence-corrected chi connectivity index (χ4v) is 8.10. The van der Waals surface area contributed by atoms with E-state index >= 15 is 0 Å². The smallest absolute Gasteiger partial charge is 0.247 e. The van der Waals surface area contributed by atoms with Crippen molar-refractivity contribution in [3.8, 4) is 0 Å². The van der Waals surface area contributed by atoms with E-state index in [9.17, 15) is 13.2 Å². The standard InChI is InChI=1S/C27H32Cl2N4O3S/c1-17(2)30-23(34)22-25(3,4)32-24(31-22)26-14-27(15-26,16-26)33(13-18-10-11-20(28)21(29)12-18)37(35,36)19-8-6-5-7-9-19/h5-12,17,22H,13-16H2,1-4H3,(H,30,34)(H,31,32)/t22-,26?,27?/m0/s1. The maximum absolute atomic E-state index is 13.9. The summed E-state index contributed by atoms with van der Waals surface area (Å²) in [6.07, 6.45) is 1.94. The Morgan fingerprint density at radius 3 is 2.35 bits per heavy atom. The molecule has 10 heteroatoms.